The Bertz CT molecular complexity index is 649. The van der Waals surface area contributed by atoms with Gasteiger partial charge in [-0.1, -0.05) is 42.5 Å². The van der Waals surface area contributed by atoms with Gasteiger partial charge in [0, 0.05) is 38.5 Å². The van der Waals surface area contributed by atoms with Crippen molar-refractivity contribution in [2.45, 2.75) is 38.2 Å². The van der Waals surface area contributed by atoms with Crippen molar-refractivity contribution < 1.29 is 15.3 Å². The van der Waals surface area contributed by atoms with Crippen molar-refractivity contribution in [3.05, 3.63) is 65.7 Å². The van der Waals surface area contributed by atoms with Gasteiger partial charge in [-0.15, -0.1) is 0 Å². The average Bonchev–Trinajstić information content (AvgIpc) is 2.76. The molecule has 29 heavy (non-hydrogen) atoms. The lowest BCUT2D eigenvalue weighted by Gasteiger charge is -2.25. The molecule has 0 spiro atoms. The number of hydrogen-bond acceptors (Lipinski definition) is 5. The van der Waals surface area contributed by atoms with Crippen molar-refractivity contribution in [1.82, 2.24) is 4.90 Å². The van der Waals surface area contributed by atoms with Gasteiger partial charge in [-0.2, -0.15) is 0 Å². The minimum atomic E-state index is -0.504. The van der Waals surface area contributed by atoms with Gasteiger partial charge in [0.2, 0.25) is 0 Å². The molecule has 2 aromatic carbocycles. The van der Waals surface area contributed by atoms with E-state index < -0.39 is 6.10 Å². The Labute approximate surface area is 175 Å². The van der Waals surface area contributed by atoms with Crippen molar-refractivity contribution in [3.63, 3.8) is 0 Å². The zero-order valence-electron chi connectivity index (χ0n) is 17.3. The maximum absolute atomic E-state index is 10.6. The van der Waals surface area contributed by atoms with E-state index in [9.17, 15) is 5.11 Å². The maximum atomic E-state index is 10.6. The topological polar surface area (TPSA) is 76.0 Å². The van der Waals surface area contributed by atoms with Crippen LogP contribution in [0.4, 0.5) is 5.69 Å². The number of hydrogen-bond donors (Lipinski definition) is 4. The fourth-order valence-electron chi connectivity index (χ4n) is 3.31. The van der Waals surface area contributed by atoms with E-state index in [0.717, 1.165) is 63.0 Å². The second-order valence-corrected chi connectivity index (χ2v) is 7.46. The predicted octanol–water partition coefficient (Wildman–Crippen LogP) is 3.22. The van der Waals surface area contributed by atoms with Crippen molar-refractivity contribution in [1.29, 1.82) is 0 Å². The van der Waals surface area contributed by atoms with E-state index in [2.05, 4.69) is 34.5 Å². The largest absolute Gasteiger partial charge is 0.396 e. The summed E-state index contributed by atoms with van der Waals surface area (Å²) < 4.78 is 0. The summed E-state index contributed by atoms with van der Waals surface area (Å²) in [5, 5.41) is 31.9. The third-order valence-electron chi connectivity index (χ3n) is 5.08. The van der Waals surface area contributed by atoms with Crippen LogP contribution in [0.3, 0.4) is 0 Å². The van der Waals surface area contributed by atoms with Crippen LogP contribution in [0.2, 0.25) is 0 Å². The molecule has 0 saturated carbocycles. The molecule has 0 bridgehead atoms. The Morgan fingerprint density at radius 2 is 1.48 bits per heavy atom. The molecule has 0 aliphatic carbocycles. The van der Waals surface area contributed by atoms with E-state index in [-0.39, 0.29) is 13.2 Å². The summed E-state index contributed by atoms with van der Waals surface area (Å²) in [6.45, 7) is 3.67. The molecule has 1 atom stereocenters. The number of aliphatic hydroxyl groups excluding tert-OH is 3. The summed E-state index contributed by atoms with van der Waals surface area (Å²) in [5.74, 6) is 0. The summed E-state index contributed by atoms with van der Waals surface area (Å²) in [6.07, 6.45) is 3.92. The third-order valence-corrected chi connectivity index (χ3v) is 5.08. The van der Waals surface area contributed by atoms with Crippen LogP contribution < -0.4 is 5.32 Å². The van der Waals surface area contributed by atoms with Crippen molar-refractivity contribution in [2.24, 2.45) is 0 Å². The number of nitrogens with one attached hydrogen (secondary N) is 1. The standard InChI is InChI=1S/C24H36N2O3/c27-18-6-4-15-25-23-12-10-21(11-13-23)14-17-26(16-5-7-19-28)20-24(29)22-8-2-1-3-9-22/h1-3,8-13,24-25,27-29H,4-7,14-20H2/t24-/m0/s1. The highest BCUT2D eigenvalue weighted by molar-refractivity contribution is 5.44. The molecular formula is C24H36N2O3. The first kappa shape index (κ1) is 23.4. The van der Waals surface area contributed by atoms with Gasteiger partial charge < -0.3 is 25.5 Å². The molecule has 0 aromatic heterocycles. The minimum absolute atomic E-state index is 0.210. The summed E-state index contributed by atoms with van der Waals surface area (Å²) in [5.41, 5.74) is 3.31. The van der Waals surface area contributed by atoms with Gasteiger partial charge in [0.05, 0.1) is 6.10 Å². The number of nitrogens with zero attached hydrogens (tertiary/aromatic N) is 1. The van der Waals surface area contributed by atoms with E-state index in [4.69, 9.17) is 10.2 Å². The number of aliphatic hydroxyl groups is 3. The highest BCUT2D eigenvalue weighted by atomic mass is 16.3. The van der Waals surface area contributed by atoms with Gasteiger partial charge in [-0.05, 0) is 61.9 Å². The van der Waals surface area contributed by atoms with Crippen LogP contribution in [0.1, 0.15) is 42.9 Å². The van der Waals surface area contributed by atoms with E-state index in [1.165, 1.54) is 5.56 Å². The SMILES string of the molecule is OCCCCNc1ccc(CCN(CCCCO)C[C@H](O)c2ccccc2)cc1. The van der Waals surface area contributed by atoms with Gasteiger partial charge in [0.25, 0.3) is 0 Å². The van der Waals surface area contributed by atoms with Gasteiger partial charge in [-0.25, -0.2) is 0 Å². The van der Waals surface area contributed by atoms with E-state index in [1.54, 1.807) is 0 Å². The lowest BCUT2D eigenvalue weighted by molar-refractivity contribution is 0.111. The van der Waals surface area contributed by atoms with E-state index >= 15 is 0 Å². The molecule has 2 aromatic rings. The van der Waals surface area contributed by atoms with Crippen molar-refractivity contribution in [3.8, 4) is 0 Å². The van der Waals surface area contributed by atoms with Gasteiger partial charge in [-0.3, -0.25) is 0 Å². The fourth-order valence-corrected chi connectivity index (χ4v) is 3.31. The highest BCUT2D eigenvalue weighted by Crippen LogP contribution is 2.16. The first-order valence-corrected chi connectivity index (χ1v) is 10.7. The molecule has 160 valence electrons. The molecule has 0 heterocycles. The summed E-state index contributed by atoms with van der Waals surface area (Å²) >= 11 is 0. The van der Waals surface area contributed by atoms with Gasteiger partial charge in [0.15, 0.2) is 0 Å². The molecule has 0 aliphatic rings. The molecule has 5 nitrogen and oxygen atoms in total. The number of rotatable bonds is 15. The molecule has 0 fully saturated rings. The predicted molar refractivity (Wildman–Crippen MR) is 119 cm³/mol. The van der Waals surface area contributed by atoms with Crippen LogP contribution in [0, 0.1) is 0 Å². The molecule has 0 saturated heterocycles. The quantitative estimate of drug-likeness (QED) is 0.345. The van der Waals surface area contributed by atoms with Crippen molar-refractivity contribution >= 4 is 5.69 Å². The number of anilines is 1. The second kappa shape index (κ2) is 14.1. The normalized spacial score (nSPS) is 12.3. The first-order chi connectivity index (χ1) is 14.2. The Balaban J connectivity index is 1.84. The number of unbranched alkanes of at least 4 members (excludes halogenated alkanes) is 2. The van der Waals surface area contributed by atoms with Gasteiger partial charge in [0.1, 0.15) is 0 Å². The second-order valence-electron chi connectivity index (χ2n) is 7.46. The van der Waals surface area contributed by atoms with Crippen molar-refractivity contribution in [2.75, 3.05) is 44.7 Å². The average molecular weight is 401 g/mol. The minimum Gasteiger partial charge on any atom is -0.396 e. The number of benzene rings is 2. The Morgan fingerprint density at radius 1 is 0.793 bits per heavy atom. The molecule has 0 radical (unpaired) electrons. The Kier molecular flexibility index (Phi) is 11.4. The zero-order valence-corrected chi connectivity index (χ0v) is 17.3. The summed E-state index contributed by atoms with van der Waals surface area (Å²) in [4.78, 5) is 2.29. The third kappa shape index (κ3) is 9.41. The smallest absolute Gasteiger partial charge is 0.0916 e. The molecule has 0 aliphatic heterocycles. The molecule has 2 rings (SSSR count). The van der Waals surface area contributed by atoms with Crippen LogP contribution in [0.5, 0.6) is 0 Å². The lowest BCUT2D eigenvalue weighted by Crippen LogP contribution is -2.32. The lowest BCUT2D eigenvalue weighted by atomic mass is 10.1. The zero-order chi connectivity index (χ0) is 20.7. The molecule has 4 N–H and O–H groups in total. The summed E-state index contributed by atoms with van der Waals surface area (Å²) in [6, 6.07) is 18.3. The maximum Gasteiger partial charge on any atom is 0.0916 e. The van der Waals surface area contributed by atoms with Gasteiger partial charge >= 0.3 is 0 Å². The van der Waals surface area contributed by atoms with Crippen LogP contribution in [0.15, 0.2) is 54.6 Å². The molecule has 5 heteroatoms. The highest BCUT2D eigenvalue weighted by Gasteiger charge is 2.13. The fraction of sp³-hybridized carbons (Fsp3) is 0.500. The molecule has 0 amide bonds. The monoisotopic (exact) mass is 400 g/mol. The Hall–Kier alpha value is -1.92. The van der Waals surface area contributed by atoms with Crippen LogP contribution in [-0.2, 0) is 6.42 Å². The van der Waals surface area contributed by atoms with Crippen LogP contribution in [-0.4, -0.2) is 59.6 Å². The first-order valence-electron chi connectivity index (χ1n) is 10.7. The van der Waals surface area contributed by atoms with Crippen LogP contribution in [0.25, 0.3) is 0 Å². The van der Waals surface area contributed by atoms with E-state index in [0.29, 0.717) is 6.54 Å². The van der Waals surface area contributed by atoms with E-state index in [1.807, 2.05) is 30.3 Å². The summed E-state index contributed by atoms with van der Waals surface area (Å²) in [7, 11) is 0. The molecular weight excluding hydrogens is 364 g/mol. The Morgan fingerprint density at radius 3 is 2.17 bits per heavy atom. The molecule has 0 unspecified atom stereocenters. The van der Waals surface area contributed by atoms with Crippen LogP contribution >= 0.6 is 0 Å².